The first-order chi connectivity index (χ1) is 15.9. The first-order valence-corrected chi connectivity index (χ1v) is 11.3. The minimum absolute atomic E-state index is 0.138. The van der Waals surface area contributed by atoms with Crippen molar-refractivity contribution < 1.29 is 17.6 Å². The van der Waals surface area contributed by atoms with Crippen molar-refractivity contribution in [3.8, 4) is 22.3 Å². The van der Waals surface area contributed by atoms with Crippen LogP contribution in [0.4, 0.5) is 17.6 Å². The molecule has 0 bridgehead atoms. The fourth-order valence-corrected chi connectivity index (χ4v) is 4.48. The lowest BCUT2D eigenvalue weighted by Gasteiger charge is -2.20. The van der Waals surface area contributed by atoms with Crippen LogP contribution in [0.5, 0.6) is 0 Å². The molecule has 0 nitrogen and oxygen atoms in total. The summed E-state index contributed by atoms with van der Waals surface area (Å²) in [6.07, 6.45) is 9.01. The largest absolute Gasteiger partial charge is 0.203 e. The molecule has 0 spiro atoms. The van der Waals surface area contributed by atoms with Crippen molar-refractivity contribution in [2.24, 2.45) is 5.92 Å². The van der Waals surface area contributed by atoms with Crippen LogP contribution in [0.2, 0.25) is 0 Å². The van der Waals surface area contributed by atoms with Crippen molar-refractivity contribution in [2.45, 2.75) is 39.5 Å². The molecule has 0 aromatic heterocycles. The predicted octanol–water partition coefficient (Wildman–Crippen LogP) is 8.90. The van der Waals surface area contributed by atoms with Crippen LogP contribution < -0.4 is 0 Å². The normalized spacial score (nSPS) is 16.3. The molecule has 3 aromatic carbocycles. The third-order valence-electron chi connectivity index (χ3n) is 6.39. The number of rotatable bonds is 5. The number of allylic oxidation sites excluding steroid dienone is 4. The van der Waals surface area contributed by atoms with Crippen molar-refractivity contribution in [1.82, 2.24) is 0 Å². The molecule has 4 heteroatoms. The number of benzene rings is 3. The fraction of sp³-hybridized carbons (Fsp3) is 0.241. The second kappa shape index (κ2) is 9.78. The van der Waals surface area contributed by atoms with Gasteiger partial charge in [0.05, 0.1) is 0 Å². The first-order valence-electron chi connectivity index (χ1n) is 11.3. The van der Waals surface area contributed by atoms with Gasteiger partial charge in [0, 0.05) is 16.7 Å². The van der Waals surface area contributed by atoms with Gasteiger partial charge in [-0.05, 0) is 60.8 Å². The second-order valence-electron chi connectivity index (χ2n) is 8.41. The zero-order valence-electron chi connectivity index (χ0n) is 18.8. The highest BCUT2D eigenvalue weighted by Gasteiger charge is 2.20. The summed E-state index contributed by atoms with van der Waals surface area (Å²) in [5.74, 6) is -3.06. The molecule has 0 fully saturated rings. The molecule has 0 saturated carbocycles. The van der Waals surface area contributed by atoms with Crippen LogP contribution >= 0.6 is 0 Å². The zero-order valence-corrected chi connectivity index (χ0v) is 18.8. The van der Waals surface area contributed by atoms with Gasteiger partial charge in [0.1, 0.15) is 0 Å². The number of halogens is 4. The maximum absolute atomic E-state index is 15.0. The summed E-state index contributed by atoms with van der Waals surface area (Å²) < 4.78 is 58.6. The Hall–Kier alpha value is -3.14. The SMILES string of the molecule is CC=CC1CC=C(c2ccc(-c3ccc(-c4ccc(CC)c(F)c4F)cc3)c(F)c2F)CC1. The van der Waals surface area contributed by atoms with Crippen LogP contribution in [0.15, 0.2) is 66.8 Å². The van der Waals surface area contributed by atoms with Gasteiger partial charge in [-0.25, -0.2) is 17.6 Å². The summed E-state index contributed by atoms with van der Waals surface area (Å²) in [6, 6.07) is 12.7. The first kappa shape index (κ1) is 23.0. The van der Waals surface area contributed by atoms with Crippen molar-refractivity contribution >= 4 is 5.57 Å². The van der Waals surface area contributed by atoms with E-state index in [1.165, 1.54) is 0 Å². The van der Waals surface area contributed by atoms with Crippen LogP contribution in [0.3, 0.4) is 0 Å². The summed E-state index contributed by atoms with van der Waals surface area (Å²) in [4.78, 5) is 0. The van der Waals surface area contributed by atoms with Gasteiger partial charge >= 0.3 is 0 Å². The van der Waals surface area contributed by atoms with E-state index < -0.39 is 23.3 Å². The average molecular weight is 451 g/mol. The molecule has 0 radical (unpaired) electrons. The van der Waals surface area contributed by atoms with E-state index in [4.69, 9.17) is 0 Å². The molecular formula is C29H26F4. The van der Waals surface area contributed by atoms with Gasteiger partial charge in [-0.2, -0.15) is 0 Å². The van der Waals surface area contributed by atoms with Gasteiger partial charge in [-0.1, -0.05) is 73.7 Å². The van der Waals surface area contributed by atoms with Gasteiger partial charge in [0.25, 0.3) is 0 Å². The van der Waals surface area contributed by atoms with Crippen LogP contribution in [0, 0.1) is 29.2 Å². The van der Waals surface area contributed by atoms with E-state index in [0.29, 0.717) is 41.0 Å². The van der Waals surface area contributed by atoms with E-state index in [-0.39, 0.29) is 11.1 Å². The standard InChI is InChI=1S/C29H26F4/c1-3-5-18-6-8-20(9-7-18)24-16-17-25(29(33)28(24)32)22-12-10-21(11-13-22)23-15-14-19(4-2)26(30)27(23)31/h3,5,8,10-18H,4,6-7,9H2,1-2H3. The molecule has 0 aliphatic heterocycles. The highest BCUT2D eigenvalue weighted by molar-refractivity contribution is 5.74. The molecule has 1 unspecified atom stereocenters. The van der Waals surface area contributed by atoms with E-state index in [2.05, 4.69) is 6.08 Å². The van der Waals surface area contributed by atoms with E-state index in [1.807, 2.05) is 19.1 Å². The van der Waals surface area contributed by atoms with Crippen LogP contribution in [0.1, 0.15) is 44.2 Å². The molecule has 0 N–H and O–H groups in total. The molecule has 1 atom stereocenters. The molecule has 33 heavy (non-hydrogen) atoms. The Morgan fingerprint density at radius 1 is 0.758 bits per heavy atom. The smallest absolute Gasteiger partial charge is 0.167 e. The minimum Gasteiger partial charge on any atom is -0.203 e. The summed E-state index contributed by atoms with van der Waals surface area (Å²) in [6.45, 7) is 3.74. The lowest BCUT2D eigenvalue weighted by atomic mass is 9.85. The minimum atomic E-state index is -0.902. The van der Waals surface area contributed by atoms with Gasteiger partial charge < -0.3 is 0 Å². The Bertz CT molecular complexity index is 1220. The maximum Gasteiger partial charge on any atom is 0.167 e. The van der Waals surface area contributed by atoms with Gasteiger partial charge in [-0.15, -0.1) is 0 Å². The summed E-state index contributed by atoms with van der Waals surface area (Å²) in [5.41, 5.74) is 2.67. The number of aryl methyl sites for hydroxylation is 1. The van der Waals surface area contributed by atoms with Crippen LogP contribution in [0.25, 0.3) is 27.8 Å². The molecule has 1 aliphatic rings. The summed E-state index contributed by atoms with van der Waals surface area (Å²) in [5, 5.41) is 0. The Morgan fingerprint density at radius 3 is 1.85 bits per heavy atom. The molecule has 170 valence electrons. The Balaban J connectivity index is 1.62. The summed E-state index contributed by atoms with van der Waals surface area (Å²) >= 11 is 0. The van der Waals surface area contributed by atoms with Crippen molar-refractivity contribution in [3.63, 3.8) is 0 Å². The van der Waals surface area contributed by atoms with Gasteiger partial charge in [-0.3, -0.25) is 0 Å². The van der Waals surface area contributed by atoms with Crippen molar-refractivity contribution in [1.29, 1.82) is 0 Å². The van der Waals surface area contributed by atoms with Crippen molar-refractivity contribution in [2.75, 3.05) is 0 Å². The van der Waals surface area contributed by atoms with Gasteiger partial charge in [0.15, 0.2) is 23.3 Å². The van der Waals surface area contributed by atoms with Gasteiger partial charge in [0.2, 0.25) is 0 Å². The quantitative estimate of drug-likeness (QED) is 0.269. The third kappa shape index (κ3) is 4.52. The molecule has 4 rings (SSSR count). The topological polar surface area (TPSA) is 0 Å². The Morgan fingerprint density at radius 2 is 1.30 bits per heavy atom. The number of hydrogen-bond donors (Lipinski definition) is 0. The monoisotopic (exact) mass is 450 g/mol. The maximum atomic E-state index is 15.0. The molecule has 3 aromatic rings. The highest BCUT2D eigenvalue weighted by atomic mass is 19.2. The molecular weight excluding hydrogens is 424 g/mol. The van der Waals surface area contributed by atoms with E-state index in [9.17, 15) is 13.2 Å². The van der Waals surface area contributed by atoms with E-state index in [0.717, 1.165) is 18.4 Å². The highest BCUT2D eigenvalue weighted by Crippen LogP contribution is 2.36. The van der Waals surface area contributed by atoms with Crippen LogP contribution in [-0.4, -0.2) is 0 Å². The molecule has 1 aliphatic carbocycles. The molecule has 0 saturated heterocycles. The lowest BCUT2D eigenvalue weighted by Crippen LogP contribution is -2.05. The van der Waals surface area contributed by atoms with E-state index >= 15 is 4.39 Å². The molecule has 0 heterocycles. The van der Waals surface area contributed by atoms with Crippen LogP contribution in [-0.2, 0) is 6.42 Å². The third-order valence-corrected chi connectivity index (χ3v) is 6.39. The predicted molar refractivity (Wildman–Crippen MR) is 127 cm³/mol. The average Bonchev–Trinajstić information content (AvgIpc) is 2.84. The zero-order chi connectivity index (χ0) is 23.5. The Kier molecular flexibility index (Phi) is 6.83. The van der Waals surface area contributed by atoms with E-state index in [1.54, 1.807) is 55.5 Å². The second-order valence-corrected chi connectivity index (χ2v) is 8.41. The number of hydrogen-bond acceptors (Lipinski definition) is 0. The fourth-order valence-electron chi connectivity index (χ4n) is 4.48. The summed E-state index contributed by atoms with van der Waals surface area (Å²) in [7, 11) is 0. The molecule has 0 amide bonds. The van der Waals surface area contributed by atoms with Crippen molar-refractivity contribution in [3.05, 3.63) is 101 Å². The Labute approximate surface area is 192 Å². The lowest BCUT2D eigenvalue weighted by molar-refractivity contribution is 0.502.